The van der Waals surface area contributed by atoms with E-state index in [0.29, 0.717) is 5.56 Å². The van der Waals surface area contributed by atoms with Gasteiger partial charge in [-0.2, -0.15) is 4.98 Å². The van der Waals surface area contributed by atoms with Gasteiger partial charge in [0.15, 0.2) is 11.5 Å². The molecule has 142 valence electrons. The fourth-order valence-electron chi connectivity index (χ4n) is 1.94. The fourth-order valence-corrected chi connectivity index (χ4v) is 1.94. The van der Waals surface area contributed by atoms with Crippen LogP contribution in [0.3, 0.4) is 0 Å². The lowest BCUT2D eigenvalue weighted by atomic mass is 10.0. The van der Waals surface area contributed by atoms with Crippen molar-refractivity contribution < 1.29 is 19.4 Å². The Labute approximate surface area is 157 Å². The summed E-state index contributed by atoms with van der Waals surface area (Å²) < 4.78 is 12.9. The number of halogens is 2. The molecule has 9 heteroatoms. The zero-order valence-electron chi connectivity index (χ0n) is 14.9. The second-order valence-corrected chi connectivity index (χ2v) is 6.33. The lowest BCUT2D eigenvalue weighted by molar-refractivity contribution is 0.0939. The molecule has 0 radical (unpaired) electrons. The molecule has 0 unspecified atom stereocenters. The van der Waals surface area contributed by atoms with Crippen molar-refractivity contribution in [3.05, 3.63) is 47.2 Å². The topological polar surface area (TPSA) is 98.6 Å². The van der Waals surface area contributed by atoms with Gasteiger partial charge in [-0.25, -0.2) is 9.37 Å². The van der Waals surface area contributed by atoms with Gasteiger partial charge in [-0.1, -0.05) is 12.1 Å². The number of carbonyl (C=O) groups excluding carboxylic acids is 1. The van der Waals surface area contributed by atoms with Gasteiger partial charge >= 0.3 is 0 Å². The molecule has 1 heterocycles. The summed E-state index contributed by atoms with van der Waals surface area (Å²) in [7, 11) is 3.61. The first kappa shape index (κ1) is 21.6. The van der Waals surface area contributed by atoms with Crippen LogP contribution in [0.2, 0.25) is 0 Å². The van der Waals surface area contributed by atoms with E-state index in [2.05, 4.69) is 15.3 Å². The lowest BCUT2D eigenvalue weighted by Crippen LogP contribution is -2.38. The molecule has 0 aliphatic carbocycles. The first-order chi connectivity index (χ1) is 11.6. The minimum absolute atomic E-state index is 0. The van der Waals surface area contributed by atoms with Crippen LogP contribution in [0.4, 0.5) is 4.39 Å². The Bertz CT molecular complexity index is 782. The molecule has 1 aromatic carbocycles. The number of aromatic nitrogens is 2. The molecule has 0 aliphatic rings. The summed E-state index contributed by atoms with van der Waals surface area (Å²) in [6.07, 6.45) is 0. The molecule has 7 nitrogen and oxygen atoms in total. The highest BCUT2D eigenvalue weighted by Crippen LogP contribution is 2.30. The van der Waals surface area contributed by atoms with Gasteiger partial charge in [-0.3, -0.25) is 9.69 Å². The van der Waals surface area contributed by atoms with E-state index in [0.717, 1.165) is 0 Å². The quantitative estimate of drug-likeness (QED) is 0.730. The Morgan fingerprint density at radius 1 is 1.19 bits per heavy atom. The molecule has 0 aliphatic heterocycles. The van der Waals surface area contributed by atoms with Crippen molar-refractivity contribution in [1.82, 2.24) is 20.2 Å². The van der Waals surface area contributed by atoms with E-state index in [1.807, 2.05) is 32.8 Å². The Balaban J connectivity index is 0.00000338. The van der Waals surface area contributed by atoms with Crippen LogP contribution in [0.15, 0.2) is 24.3 Å². The van der Waals surface area contributed by atoms with Crippen LogP contribution in [0.5, 0.6) is 11.6 Å². The maximum Gasteiger partial charge on any atom is 0.274 e. The number of carbonyl (C=O) groups is 1. The average Bonchev–Trinajstić information content (AvgIpc) is 2.56. The van der Waals surface area contributed by atoms with E-state index in [1.54, 1.807) is 0 Å². The van der Waals surface area contributed by atoms with Crippen LogP contribution < -0.4 is 5.32 Å². The molecule has 0 spiro atoms. The molecule has 3 N–H and O–H groups in total. The fraction of sp³-hybridized carbons (Fsp3) is 0.353. The molecule has 0 saturated carbocycles. The van der Waals surface area contributed by atoms with Crippen molar-refractivity contribution in [2.24, 2.45) is 0 Å². The number of aromatic hydroxyl groups is 2. The monoisotopic (exact) mass is 384 g/mol. The van der Waals surface area contributed by atoms with Gasteiger partial charge in [0.2, 0.25) is 5.75 Å². The zero-order valence-corrected chi connectivity index (χ0v) is 15.8. The van der Waals surface area contributed by atoms with Crippen molar-refractivity contribution in [1.29, 1.82) is 0 Å². The molecule has 0 bridgehead atoms. The third-order valence-corrected chi connectivity index (χ3v) is 4.11. The summed E-state index contributed by atoms with van der Waals surface area (Å²) in [6, 6.07) is 5.64. The number of nitrogens with one attached hydrogen (secondary N) is 1. The SMILES string of the molecule is CN(C)C(C)(C)c1nc(O)c(O)c(C(=O)NCc2ccc(F)cc2)n1.Cl. The van der Waals surface area contributed by atoms with Crippen LogP contribution in [0.25, 0.3) is 0 Å². The second kappa shape index (κ2) is 8.29. The Morgan fingerprint density at radius 3 is 2.31 bits per heavy atom. The molecule has 0 saturated heterocycles. The number of hydrogen-bond acceptors (Lipinski definition) is 6. The second-order valence-electron chi connectivity index (χ2n) is 6.33. The zero-order chi connectivity index (χ0) is 18.8. The molecular weight excluding hydrogens is 363 g/mol. The largest absolute Gasteiger partial charge is 0.501 e. The maximum atomic E-state index is 12.9. The van der Waals surface area contributed by atoms with E-state index in [4.69, 9.17) is 0 Å². The summed E-state index contributed by atoms with van der Waals surface area (Å²) in [4.78, 5) is 22.2. The normalized spacial score (nSPS) is 11.2. The lowest BCUT2D eigenvalue weighted by Gasteiger charge is -2.31. The van der Waals surface area contributed by atoms with Crippen molar-refractivity contribution in [3.63, 3.8) is 0 Å². The highest BCUT2D eigenvalue weighted by Gasteiger charge is 2.30. The molecule has 0 fully saturated rings. The predicted octanol–water partition coefficient (Wildman–Crippen LogP) is 2.18. The molecule has 2 rings (SSSR count). The molecule has 26 heavy (non-hydrogen) atoms. The first-order valence-corrected chi connectivity index (χ1v) is 7.63. The van der Waals surface area contributed by atoms with Gasteiger partial charge in [0.1, 0.15) is 5.82 Å². The average molecular weight is 385 g/mol. The summed E-state index contributed by atoms with van der Waals surface area (Å²) >= 11 is 0. The molecule has 1 amide bonds. The maximum absolute atomic E-state index is 12.9. The van der Waals surface area contributed by atoms with Crippen molar-refractivity contribution in [2.75, 3.05) is 14.1 Å². The third kappa shape index (κ3) is 4.59. The van der Waals surface area contributed by atoms with Crippen molar-refractivity contribution in [2.45, 2.75) is 25.9 Å². The van der Waals surface area contributed by atoms with Crippen LogP contribution in [-0.2, 0) is 12.1 Å². The van der Waals surface area contributed by atoms with Gasteiger partial charge < -0.3 is 15.5 Å². The van der Waals surface area contributed by atoms with Gasteiger partial charge in [-0.15, -0.1) is 12.4 Å². The molecule has 1 aromatic heterocycles. The van der Waals surface area contributed by atoms with Gasteiger partial charge in [0.25, 0.3) is 11.8 Å². The number of nitrogens with zero attached hydrogens (tertiary/aromatic N) is 3. The summed E-state index contributed by atoms with van der Waals surface area (Å²) in [6.45, 7) is 3.76. The van der Waals surface area contributed by atoms with Crippen LogP contribution >= 0.6 is 12.4 Å². The van der Waals surface area contributed by atoms with Crippen LogP contribution in [0.1, 0.15) is 35.7 Å². The Kier molecular flexibility index (Phi) is 6.88. The minimum Gasteiger partial charge on any atom is -0.501 e. The van der Waals surface area contributed by atoms with E-state index in [9.17, 15) is 19.4 Å². The Hall–Kier alpha value is -2.45. The van der Waals surface area contributed by atoms with E-state index in [1.165, 1.54) is 24.3 Å². The summed E-state index contributed by atoms with van der Waals surface area (Å²) in [5, 5.41) is 22.4. The van der Waals surface area contributed by atoms with Crippen molar-refractivity contribution >= 4 is 18.3 Å². The standard InChI is InChI=1S/C17H21FN4O3.ClH/c1-17(2,22(3)4)16-20-12(13(23)15(25)21-16)14(24)19-9-10-5-7-11(18)8-6-10;/h5-8,23H,9H2,1-4H3,(H,19,24)(H,20,21,25);1H. The van der Waals surface area contributed by atoms with Crippen LogP contribution in [0, 0.1) is 5.82 Å². The molecule has 0 atom stereocenters. The number of amides is 1. The van der Waals surface area contributed by atoms with Crippen LogP contribution in [-0.4, -0.2) is 45.1 Å². The van der Waals surface area contributed by atoms with E-state index in [-0.39, 0.29) is 36.3 Å². The predicted molar refractivity (Wildman–Crippen MR) is 96.9 cm³/mol. The number of rotatable bonds is 5. The first-order valence-electron chi connectivity index (χ1n) is 7.63. The number of hydrogen-bond donors (Lipinski definition) is 3. The Morgan fingerprint density at radius 2 is 1.77 bits per heavy atom. The van der Waals surface area contributed by atoms with Crippen molar-refractivity contribution in [3.8, 4) is 11.6 Å². The van der Waals surface area contributed by atoms with E-state index >= 15 is 0 Å². The van der Waals surface area contributed by atoms with Gasteiger partial charge in [-0.05, 0) is 45.6 Å². The van der Waals surface area contributed by atoms with Gasteiger partial charge in [0, 0.05) is 6.54 Å². The highest BCUT2D eigenvalue weighted by molar-refractivity contribution is 5.95. The molecule has 2 aromatic rings. The minimum atomic E-state index is -0.685. The summed E-state index contributed by atoms with van der Waals surface area (Å²) in [5.74, 6) is -2.19. The van der Waals surface area contributed by atoms with Gasteiger partial charge in [0.05, 0.1) is 5.54 Å². The number of benzene rings is 1. The third-order valence-electron chi connectivity index (χ3n) is 4.11. The smallest absolute Gasteiger partial charge is 0.274 e. The highest BCUT2D eigenvalue weighted by atomic mass is 35.5. The molecular formula is C17H22ClFN4O3. The van der Waals surface area contributed by atoms with E-state index < -0.39 is 23.1 Å². The summed E-state index contributed by atoms with van der Waals surface area (Å²) in [5.41, 5.74) is -0.308.